The summed E-state index contributed by atoms with van der Waals surface area (Å²) in [6.07, 6.45) is 2.60. The third-order valence-corrected chi connectivity index (χ3v) is 2.20. The molecule has 0 aliphatic carbocycles. The number of rotatable bonds is 2. The summed E-state index contributed by atoms with van der Waals surface area (Å²) in [6.45, 7) is 0. The minimum absolute atomic E-state index is 0.0401. The normalized spacial score (nSPS) is 14.2. The zero-order valence-electron chi connectivity index (χ0n) is 5.95. The molecular formula is C6H6NO4P-2. The molecule has 1 aromatic rings. The smallest absolute Gasteiger partial charge is 0.106 e. The van der Waals surface area contributed by atoms with Crippen molar-refractivity contribution in [2.45, 2.75) is 5.85 Å². The maximum absolute atomic E-state index is 10.3. The zero-order valence-corrected chi connectivity index (χ0v) is 6.85. The molecular weight excluding hydrogens is 181 g/mol. The molecule has 1 N–H and O–H groups in total. The van der Waals surface area contributed by atoms with Gasteiger partial charge in [0.2, 0.25) is 0 Å². The number of hydrogen-bond acceptors (Lipinski definition) is 5. The Labute approximate surface area is 68.9 Å². The molecule has 0 aromatic carbocycles. The fourth-order valence-electron chi connectivity index (χ4n) is 0.718. The average molecular weight is 187 g/mol. The summed E-state index contributed by atoms with van der Waals surface area (Å²) >= 11 is 0. The molecule has 0 saturated carbocycles. The van der Waals surface area contributed by atoms with Crippen molar-refractivity contribution in [3.63, 3.8) is 0 Å². The van der Waals surface area contributed by atoms with Crippen LogP contribution >= 0.6 is 7.60 Å². The summed E-state index contributed by atoms with van der Waals surface area (Å²) in [5.74, 6) is -1.97. The van der Waals surface area contributed by atoms with Gasteiger partial charge in [-0.25, -0.2) is 0 Å². The topological polar surface area (TPSA) is 96.3 Å². The van der Waals surface area contributed by atoms with Gasteiger partial charge in [0.25, 0.3) is 0 Å². The van der Waals surface area contributed by atoms with Gasteiger partial charge in [-0.05, 0) is 25.3 Å². The molecule has 6 heteroatoms. The fourth-order valence-corrected chi connectivity index (χ4v) is 1.26. The van der Waals surface area contributed by atoms with E-state index in [9.17, 15) is 14.4 Å². The lowest BCUT2D eigenvalue weighted by Gasteiger charge is -2.34. The molecule has 0 radical (unpaired) electrons. The van der Waals surface area contributed by atoms with Crippen LogP contribution in [0.4, 0.5) is 0 Å². The molecule has 5 nitrogen and oxygen atoms in total. The van der Waals surface area contributed by atoms with Gasteiger partial charge >= 0.3 is 0 Å². The Hall–Kier alpha value is -0.740. The monoisotopic (exact) mass is 187 g/mol. The predicted octanol–water partition coefficient (Wildman–Crippen LogP) is -1.01. The maximum Gasteiger partial charge on any atom is 0.106 e. The molecule has 1 unspecified atom stereocenters. The van der Waals surface area contributed by atoms with E-state index in [-0.39, 0.29) is 5.56 Å². The lowest BCUT2D eigenvalue weighted by Crippen LogP contribution is -2.20. The van der Waals surface area contributed by atoms with E-state index in [1.807, 2.05) is 0 Å². The fraction of sp³-hybridized carbons (Fsp3) is 0.167. The summed E-state index contributed by atoms with van der Waals surface area (Å²) in [7, 11) is -4.95. The zero-order chi connectivity index (χ0) is 9.19. The van der Waals surface area contributed by atoms with Crippen molar-refractivity contribution in [1.29, 1.82) is 0 Å². The van der Waals surface area contributed by atoms with Gasteiger partial charge in [-0.3, -0.25) is 4.98 Å². The Morgan fingerprint density at radius 2 is 1.92 bits per heavy atom. The Morgan fingerprint density at radius 1 is 1.42 bits per heavy atom. The molecule has 1 rings (SSSR count). The van der Waals surface area contributed by atoms with Crippen molar-refractivity contribution in [2.24, 2.45) is 0 Å². The van der Waals surface area contributed by atoms with Crippen LogP contribution in [-0.4, -0.2) is 10.1 Å². The van der Waals surface area contributed by atoms with Crippen LogP contribution in [0.25, 0.3) is 0 Å². The molecule has 0 saturated heterocycles. The molecule has 0 aliphatic rings. The first kappa shape index (κ1) is 9.35. The van der Waals surface area contributed by atoms with Crippen molar-refractivity contribution in [1.82, 2.24) is 4.98 Å². The summed E-state index contributed by atoms with van der Waals surface area (Å²) in [5.41, 5.74) is 0.0401. The van der Waals surface area contributed by atoms with Crippen LogP contribution in [0.1, 0.15) is 11.4 Å². The van der Waals surface area contributed by atoms with E-state index in [1.54, 1.807) is 0 Å². The second-order valence-electron chi connectivity index (χ2n) is 2.19. The van der Waals surface area contributed by atoms with E-state index >= 15 is 0 Å². The van der Waals surface area contributed by atoms with E-state index in [2.05, 4.69) is 4.98 Å². The first-order valence-electron chi connectivity index (χ1n) is 3.11. The minimum Gasteiger partial charge on any atom is -0.809 e. The van der Waals surface area contributed by atoms with Gasteiger partial charge in [0.15, 0.2) is 0 Å². The molecule has 0 bridgehead atoms. The highest BCUT2D eigenvalue weighted by atomic mass is 31.2. The standard InChI is InChI=1S/C6H8NO4P/c8-6(12(9,10)11)5-1-3-7-4-2-5/h1-4,6,8H,(H2,9,10,11)/p-2. The Balaban J connectivity index is 2.94. The first-order chi connectivity index (χ1) is 5.52. The van der Waals surface area contributed by atoms with Crippen LogP contribution in [0.3, 0.4) is 0 Å². The van der Waals surface area contributed by atoms with E-state index in [1.165, 1.54) is 24.5 Å². The molecule has 0 amide bonds. The Kier molecular flexibility index (Phi) is 2.59. The van der Waals surface area contributed by atoms with E-state index in [0.29, 0.717) is 0 Å². The number of pyridine rings is 1. The van der Waals surface area contributed by atoms with E-state index < -0.39 is 13.4 Å². The minimum atomic E-state index is -4.95. The van der Waals surface area contributed by atoms with Crippen molar-refractivity contribution >= 4 is 7.60 Å². The predicted molar refractivity (Wildman–Crippen MR) is 36.8 cm³/mol. The van der Waals surface area contributed by atoms with Crippen molar-refractivity contribution in [2.75, 3.05) is 0 Å². The molecule has 0 spiro atoms. The lowest BCUT2D eigenvalue weighted by molar-refractivity contribution is -0.322. The highest BCUT2D eigenvalue weighted by Crippen LogP contribution is 2.41. The first-order valence-corrected chi connectivity index (χ1v) is 4.73. The molecule has 1 atom stereocenters. The Bertz CT molecular complexity index is 296. The van der Waals surface area contributed by atoms with Crippen molar-refractivity contribution < 1.29 is 19.5 Å². The molecule has 12 heavy (non-hydrogen) atoms. The van der Waals surface area contributed by atoms with E-state index in [4.69, 9.17) is 5.11 Å². The van der Waals surface area contributed by atoms with Gasteiger partial charge in [0, 0.05) is 12.4 Å². The van der Waals surface area contributed by atoms with Crippen molar-refractivity contribution in [3.8, 4) is 0 Å². The van der Waals surface area contributed by atoms with Crippen LogP contribution in [0, 0.1) is 0 Å². The van der Waals surface area contributed by atoms with E-state index in [0.717, 1.165) is 0 Å². The third kappa shape index (κ3) is 2.12. The summed E-state index contributed by atoms with van der Waals surface area (Å²) < 4.78 is 10.3. The second-order valence-corrected chi connectivity index (χ2v) is 3.76. The van der Waals surface area contributed by atoms with Crippen LogP contribution in [0.15, 0.2) is 24.5 Å². The third-order valence-electron chi connectivity index (χ3n) is 1.30. The van der Waals surface area contributed by atoms with Gasteiger partial charge in [-0.1, -0.05) is 0 Å². The van der Waals surface area contributed by atoms with Crippen LogP contribution in [0.2, 0.25) is 0 Å². The highest BCUT2D eigenvalue weighted by molar-refractivity contribution is 7.48. The number of hydrogen-bond donors (Lipinski definition) is 1. The molecule has 1 aromatic heterocycles. The Morgan fingerprint density at radius 3 is 2.33 bits per heavy atom. The summed E-state index contributed by atoms with van der Waals surface area (Å²) in [6, 6.07) is 2.54. The van der Waals surface area contributed by atoms with Crippen LogP contribution < -0.4 is 9.79 Å². The SMILES string of the molecule is O=P([O-])([O-])C(O)c1ccncc1. The van der Waals surface area contributed by atoms with Crippen LogP contribution in [0.5, 0.6) is 0 Å². The lowest BCUT2D eigenvalue weighted by atomic mass is 10.3. The quantitative estimate of drug-likeness (QED) is 0.598. The van der Waals surface area contributed by atoms with Gasteiger partial charge in [0.05, 0.1) is 0 Å². The number of aliphatic hydroxyl groups excluding tert-OH is 1. The largest absolute Gasteiger partial charge is 0.809 e. The molecule has 1 heterocycles. The summed E-state index contributed by atoms with van der Waals surface area (Å²) in [4.78, 5) is 24.3. The summed E-state index contributed by atoms with van der Waals surface area (Å²) in [5, 5.41) is 8.94. The molecule has 0 aliphatic heterocycles. The number of aromatic nitrogens is 1. The number of aliphatic hydroxyl groups is 1. The van der Waals surface area contributed by atoms with Gasteiger partial charge in [-0.15, -0.1) is 0 Å². The second kappa shape index (κ2) is 3.33. The maximum atomic E-state index is 10.3. The average Bonchev–Trinajstić information content (AvgIpc) is 2.03. The van der Waals surface area contributed by atoms with Gasteiger partial charge in [-0.2, -0.15) is 0 Å². The number of nitrogens with zero attached hydrogens (tertiary/aromatic N) is 1. The molecule has 0 fully saturated rings. The van der Waals surface area contributed by atoms with Gasteiger partial charge < -0.3 is 19.5 Å². The van der Waals surface area contributed by atoms with Crippen LogP contribution in [-0.2, 0) is 4.57 Å². The molecule has 66 valence electrons. The van der Waals surface area contributed by atoms with Crippen molar-refractivity contribution in [3.05, 3.63) is 30.1 Å². The highest BCUT2D eigenvalue weighted by Gasteiger charge is 2.09. The van der Waals surface area contributed by atoms with Gasteiger partial charge in [0.1, 0.15) is 5.85 Å².